The molecule has 4 rings (SSSR count). The van der Waals surface area contributed by atoms with Gasteiger partial charge in [0.05, 0.1) is 39.0 Å². The fraction of sp³-hybridized carbons (Fsp3) is 0.381. The molecule has 0 radical (unpaired) electrons. The van der Waals surface area contributed by atoms with Gasteiger partial charge in [0.2, 0.25) is 27.7 Å². The highest BCUT2D eigenvalue weighted by Gasteiger charge is 2.33. The van der Waals surface area contributed by atoms with E-state index in [0.717, 1.165) is 0 Å². The van der Waals surface area contributed by atoms with Crippen molar-refractivity contribution < 1.29 is 22.6 Å². The molecule has 0 aliphatic carbocycles. The molecule has 4 aromatic heterocycles. The molecule has 1 N–H and O–H groups in total. The number of nitrogens with zero attached hydrogens (tertiary/aromatic N) is 9. The van der Waals surface area contributed by atoms with Gasteiger partial charge in [0.1, 0.15) is 17.8 Å². The van der Waals surface area contributed by atoms with E-state index in [0.29, 0.717) is 17.3 Å². The molecule has 0 bridgehead atoms. The summed E-state index contributed by atoms with van der Waals surface area (Å²) >= 11 is 0. The molecule has 2 atom stereocenters. The molecular formula is C21H26N10O5S. The van der Waals surface area contributed by atoms with Crippen molar-refractivity contribution in [3.8, 4) is 34.7 Å². The van der Waals surface area contributed by atoms with Crippen LogP contribution in [-0.4, -0.2) is 79.5 Å². The smallest absolute Gasteiger partial charge is 0.245 e. The minimum absolute atomic E-state index is 0.109. The monoisotopic (exact) mass is 530 g/mol. The molecule has 4 aromatic rings. The second-order valence-corrected chi connectivity index (χ2v) is 9.96. The molecule has 15 nitrogen and oxygen atoms in total. The van der Waals surface area contributed by atoms with Gasteiger partial charge in [0, 0.05) is 19.2 Å². The molecule has 0 aromatic carbocycles. The van der Waals surface area contributed by atoms with Crippen LogP contribution < -0.4 is 18.9 Å². The van der Waals surface area contributed by atoms with Crippen molar-refractivity contribution in [2.45, 2.75) is 25.0 Å². The second-order valence-electron chi connectivity index (χ2n) is 7.92. The molecule has 16 heteroatoms. The van der Waals surface area contributed by atoms with Crippen molar-refractivity contribution in [3.05, 3.63) is 36.8 Å². The molecule has 196 valence electrons. The van der Waals surface area contributed by atoms with Crippen LogP contribution in [0.3, 0.4) is 0 Å². The zero-order valence-corrected chi connectivity index (χ0v) is 21.8. The first kappa shape index (κ1) is 25.7. The van der Waals surface area contributed by atoms with E-state index in [1.54, 1.807) is 37.8 Å². The van der Waals surface area contributed by atoms with Crippen molar-refractivity contribution in [1.29, 1.82) is 0 Å². The number of methoxy groups -OCH3 is 3. The minimum Gasteiger partial charge on any atom is -0.494 e. The number of aryl methyl sites for hydroxylation is 1. The number of hydrogen-bond acceptors (Lipinski definition) is 12. The van der Waals surface area contributed by atoms with Crippen molar-refractivity contribution in [2.75, 3.05) is 26.1 Å². The molecule has 0 unspecified atom stereocenters. The fourth-order valence-electron chi connectivity index (χ4n) is 3.47. The van der Waals surface area contributed by atoms with Crippen molar-refractivity contribution in [2.24, 2.45) is 7.05 Å². The standard InChI is InChI=1S/C21H26N10O5S/c1-12(17-22-9-14(34-4)10-23-17)13(2)37(32,33)29-21-27-26-18(15-7-8-30(3)28-15)31(21)16-19(35-5)24-11-25-20(16)36-6/h7-13H,1-6H3,(H,27,29)/t12-,13-/m0/s1. The van der Waals surface area contributed by atoms with Crippen molar-refractivity contribution >= 4 is 16.0 Å². The van der Waals surface area contributed by atoms with Crippen LogP contribution >= 0.6 is 0 Å². The Morgan fingerprint density at radius 1 is 0.946 bits per heavy atom. The molecular weight excluding hydrogens is 504 g/mol. The lowest BCUT2D eigenvalue weighted by molar-refractivity contribution is 0.368. The summed E-state index contributed by atoms with van der Waals surface area (Å²) in [6.07, 6.45) is 5.94. The Kier molecular flexibility index (Phi) is 7.19. The maximum Gasteiger partial charge on any atom is 0.245 e. The van der Waals surface area contributed by atoms with Crippen LogP contribution in [0.2, 0.25) is 0 Å². The molecule has 0 amide bonds. The van der Waals surface area contributed by atoms with Crippen LogP contribution in [-0.2, 0) is 17.1 Å². The third-order valence-electron chi connectivity index (χ3n) is 5.69. The maximum absolute atomic E-state index is 13.5. The highest BCUT2D eigenvalue weighted by molar-refractivity contribution is 7.93. The number of aromatic nitrogens is 9. The predicted octanol–water partition coefficient (Wildman–Crippen LogP) is 1.21. The highest BCUT2D eigenvalue weighted by atomic mass is 32.2. The quantitative estimate of drug-likeness (QED) is 0.311. The molecule has 0 spiro atoms. The van der Waals surface area contributed by atoms with E-state index in [1.807, 2.05) is 0 Å². The number of anilines is 1. The Morgan fingerprint density at radius 3 is 2.14 bits per heavy atom. The average Bonchev–Trinajstić information content (AvgIpc) is 3.52. The van der Waals surface area contributed by atoms with Crippen LogP contribution in [0.15, 0.2) is 31.0 Å². The molecule has 37 heavy (non-hydrogen) atoms. The van der Waals surface area contributed by atoms with E-state index in [9.17, 15) is 8.42 Å². The van der Waals surface area contributed by atoms with E-state index < -0.39 is 21.2 Å². The Hall–Kier alpha value is -4.34. The largest absolute Gasteiger partial charge is 0.494 e. The van der Waals surface area contributed by atoms with Gasteiger partial charge in [-0.3, -0.25) is 9.40 Å². The summed E-state index contributed by atoms with van der Waals surface area (Å²) in [6, 6.07) is 1.70. The summed E-state index contributed by atoms with van der Waals surface area (Å²) in [5, 5.41) is 11.7. The molecule has 0 saturated carbocycles. The number of nitrogens with one attached hydrogen (secondary N) is 1. The lowest BCUT2D eigenvalue weighted by atomic mass is 10.1. The van der Waals surface area contributed by atoms with Gasteiger partial charge in [0.15, 0.2) is 17.3 Å². The van der Waals surface area contributed by atoms with E-state index in [2.05, 4.69) is 40.0 Å². The fourth-order valence-corrected chi connectivity index (χ4v) is 4.70. The Labute approximate surface area is 212 Å². The highest BCUT2D eigenvalue weighted by Crippen LogP contribution is 2.35. The zero-order valence-electron chi connectivity index (χ0n) is 21.0. The Bertz CT molecular complexity index is 1460. The summed E-state index contributed by atoms with van der Waals surface area (Å²) in [6.45, 7) is 3.26. The summed E-state index contributed by atoms with van der Waals surface area (Å²) < 4.78 is 48.4. The van der Waals surface area contributed by atoms with Crippen LogP contribution in [0.1, 0.15) is 25.6 Å². The topological polar surface area (TPSA) is 174 Å². The summed E-state index contributed by atoms with van der Waals surface area (Å²) in [5.74, 6) is 0.529. The van der Waals surface area contributed by atoms with Gasteiger partial charge in [-0.1, -0.05) is 6.92 Å². The van der Waals surface area contributed by atoms with Gasteiger partial charge < -0.3 is 14.2 Å². The lowest BCUT2D eigenvalue weighted by Gasteiger charge is -2.20. The van der Waals surface area contributed by atoms with Gasteiger partial charge >= 0.3 is 0 Å². The average molecular weight is 531 g/mol. The van der Waals surface area contributed by atoms with Crippen molar-refractivity contribution in [3.63, 3.8) is 0 Å². The molecule has 0 saturated heterocycles. The lowest BCUT2D eigenvalue weighted by Crippen LogP contribution is -2.31. The normalized spacial score (nSPS) is 13.1. The Balaban J connectivity index is 1.79. The first-order chi connectivity index (χ1) is 17.7. The first-order valence-electron chi connectivity index (χ1n) is 11.0. The number of sulfonamides is 1. The van der Waals surface area contributed by atoms with Gasteiger partial charge in [-0.2, -0.15) is 15.1 Å². The first-order valence-corrected chi connectivity index (χ1v) is 12.5. The van der Waals surface area contributed by atoms with Crippen LogP contribution in [0.5, 0.6) is 17.5 Å². The van der Waals surface area contributed by atoms with E-state index in [-0.39, 0.29) is 29.2 Å². The summed E-state index contributed by atoms with van der Waals surface area (Å²) in [4.78, 5) is 16.7. The third kappa shape index (κ3) is 5.00. The summed E-state index contributed by atoms with van der Waals surface area (Å²) in [7, 11) is 2.03. The van der Waals surface area contributed by atoms with Gasteiger partial charge in [-0.15, -0.1) is 10.2 Å². The van der Waals surface area contributed by atoms with E-state index in [4.69, 9.17) is 14.2 Å². The van der Waals surface area contributed by atoms with E-state index >= 15 is 0 Å². The minimum atomic E-state index is -4.04. The third-order valence-corrected chi connectivity index (χ3v) is 7.54. The number of hydrogen-bond donors (Lipinski definition) is 1. The molecule has 4 heterocycles. The maximum atomic E-state index is 13.5. The zero-order chi connectivity index (χ0) is 26.7. The van der Waals surface area contributed by atoms with Gasteiger partial charge in [-0.25, -0.2) is 23.0 Å². The molecule has 0 aliphatic rings. The Morgan fingerprint density at radius 2 is 1.59 bits per heavy atom. The second kappa shape index (κ2) is 10.3. The number of rotatable bonds is 10. The predicted molar refractivity (Wildman–Crippen MR) is 131 cm³/mol. The van der Waals surface area contributed by atoms with Crippen LogP contribution in [0.25, 0.3) is 17.2 Å². The van der Waals surface area contributed by atoms with Gasteiger partial charge in [-0.05, 0) is 13.0 Å². The number of ether oxygens (including phenoxy) is 3. The summed E-state index contributed by atoms with van der Waals surface area (Å²) in [5.41, 5.74) is 0.608. The van der Waals surface area contributed by atoms with Crippen LogP contribution in [0.4, 0.5) is 5.95 Å². The van der Waals surface area contributed by atoms with Crippen LogP contribution in [0, 0.1) is 0 Å². The van der Waals surface area contributed by atoms with Gasteiger partial charge in [0.25, 0.3) is 0 Å². The van der Waals surface area contributed by atoms with E-state index in [1.165, 1.54) is 44.6 Å². The molecule has 0 aliphatic heterocycles. The SMILES string of the molecule is COc1cnc([C@@H](C)[C@H](C)S(=O)(=O)Nc2nnc(-c3ccn(C)n3)n2-c2c(OC)ncnc2OC)nc1. The molecule has 0 fully saturated rings. The van der Waals surface area contributed by atoms with Crippen molar-refractivity contribution in [1.82, 2.24) is 44.5 Å².